The third kappa shape index (κ3) is 9.86. The molecule has 7 rings (SSSR count). The van der Waals surface area contributed by atoms with Gasteiger partial charge in [-0.15, -0.1) is 47.0 Å². The molecule has 5 aromatic carbocycles. The van der Waals surface area contributed by atoms with E-state index in [1.54, 1.807) is 0 Å². The molecule has 0 saturated carbocycles. The second-order valence-electron chi connectivity index (χ2n) is 21.9. The average molecular weight is 1030 g/mol. The van der Waals surface area contributed by atoms with Crippen molar-refractivity contribution < 1.29 is 25.8 Å². The minimum Gasteiger partial charge on any atom is -0.516 e. The van der Waals surface area contributed by atoms with E-state index in [1.165, 1.54) is 27.6 Å². The van der Waals surface area contributed by atoms with Gasteiger partial charge in [-0.2, -0.15) is 6.07 Å². The van der Waals surface area contributed by atoms with Gasteiger partial charge in [0.1, 0.15) is 5.82 Å². The number of hydrogen-bond acceptors (Lipinski definition) is 4. The number of nitrogens with zero attached hydrogens (tertiary/aromatic N) is 3. The first kappa shape index (κ1) is 48.6. The van der Waals surface area contributed by atoms with Crippen LogP contribution in [0.25, 0.3) is 27.6 Å². The van der Waals surface area contributed by atoms with Gasteiger partial charge < -0.3 is 19.5 Å². The molecule has 7 aromatic rings. The molecule has 0 aliphatic heterocycles. The zero-order valence-corrected chi connectivity index (χ0v) is 43.3. The quantitative estimate of drug-likeness (QED) is 0.139. The molecule has 2 heterocycles. The van der Waals surface area contributed by atoms with Crippen LogP contribution in [0.1, 0.15) is 145 Å². The zero-order chi connectivity index (χ0) is 45.9. The average Bonchev–Trinajstić information content (AvgIpc) is 3.55. The van der Waals surface area contributed by atoms with Crippen LogP contribution in [0.15, 0.2) is 103 Å². The molecule has 0 aliphatic rings. The smallest absolute Gasteiger partial charge is 0.135 e. The van der Waals surface area contributed by atoms with Crippen LogP contribution >= 0.6 is 0 Å². The van der Waals surface area contributed by atoms with Gasteiger partial charge in [-0.25, -0.2) is 4.98 Å². The fraction of sp³-hybridized carbons (Fsp3) is 0.379. The summed E-state index contributed by atoms with van der Waals surface area (Å²) < 4.78 is 9.12. The molecule has 0 spiro atoms. The molecule has 5 nitrogen and oxygen atoms in total. The number of hydrogen-bond donors (Lipinski definition) is 1. The van der Waals surface area contributed by atoms with Crippen LogP contribution in [0.2, 0.25) is 0 Å². The van der Waals surface area contributed by atoms with Crippen LogP contribution in [0.5, 0.6) is 11.5 Å². The Balaban J connectivity index is 0.00000680. The predicted octanol–water partition coefficient (Wildman–Crippen LogP) is 16.5. The summed E-state index contributed by atoms with van der Waals surface area (Å²) in [5.74, 6) is 2.08. The summed E-state index contributed by atoms with van der Waals surface area (Å²) in [5, 5.41) is 6.12. The topological polar surface area (TPSA) is 42.3 Å². The molecule has 340 valence electrons. The van der Waals surface area contributed by atoms with Crippen molar-refractivity contribution in [3.63, 3.8) is 0 Å². The Morgan fingerprint density at radius 2 is 1.27 bits per heavy atom. The van der Waals surface area contributed by atoms with Crippen molar-refractivity contribution >= 4 is 44.6 Å². The Bertz CT molecular complexity index is 2750. The maximum absolute atomic E-state index is 6.85. The van der Waals surface area contributed by atoms with E-state index in [1.807, 2.05) is 17.2 Å². The van der Waals surface area contributed by atoms with Crippen LogP contribution in [-0.2, 0) is 48.1 Å². The summed E-state index contributed by atoms with van der Waals surface area (Å²) in [6.07, 6.45) is 4.04. The molecule has 6 heteroatoms. The summed E-state index contributed by atoms with van der Waals surface area (Å²) >= 11 is 0. The van der Waals surface area contributed by atoms with Crippen molar-refractivity contribution in [2.75, 3.05) is 10.2 Å². The number of para-hydroxylation sites is 2. The number of benzene rings is 5. The molecule has 0 atom stereocenters. The van der Waals surface area contributed by atoms with E-state index in [9.17, 15) is 0 Å². The van der Waals surface area contributed by atoms with Gasteiger partial charge in [0.25, 0.3) is 0 Å². The van der Waals surface area contributed by atoms with Crippen molar-refractivity contribution in [2.24, 2.45) is 0 Å². The fourth-order valence-corrected chi connectivity index (χ4v) is 8.41. The first-order valence-electron chi connectivity index (χ1n) is 22.8. The van der Waals surface area contributed by atoms with Crippen LogP contribution in [0.4, 0.5) is 22.7 Å². The Hall–Kier alpha value is -4.86. The van der Waals surface area contributed by atoms with Gasteiger partial charge in [-0.05, 0) is 110 Å². The van der Waals surface area contributed by atoms with Crippen molar-refractivity contribution in [2.45, 2.75) is 144 Å². The van der Waals surface area contributed by atoms with Gasteiger partial charge in [0.15, 0.2) is 0 Å². The molecule has 0 saturated heterocycles. The molecule has 0 amide bonds. The largest absolute Gasteiger partial charge is 0.516 e. The molecule has 64 heavy (non-hydrogen) atoms. The van der Waals surface area contributed by atoms with Crippen molar-refractivity contribution in [3.8, 4) is 17.3 Å². The Kier molecular flexibility index (Phi) is 13.5. The molecule has 0 fully saturated rings. The molecule has 2 aromatic heterocycles. The summed E-state index contributed by atoms with van der Waals surface area (Å²) in [7, 11) is 4.63. The van der Waals surface area contributed by atoms with E-state index in [0.717, 1.165) is 63.4 Å². The molecule has 1 N–H and O–H groups in total. The van der Waals surface area contributed by atoms with E-state index in [-0.39, 0.29) is 48.1 Å². The molecule has 0 aliphatic carbocycles. The maximum Gasteiger partial charge on any atom is 0.135 e. The third-order valence-corrected chi connectivity index (χ3v) is 13.1. The number of rotatable bonds is 10. The molecular weight excluding hydrogens is 964 g/mol. The van der Waals surface area contributed by atoms with Crippen LogP contribution in [-0.4, -0.2) is 9.55 Å². The number of pyridine rings is 1. The monoisotopic (exact) mass is 1030 g/mol. The zero-order valence-electron chi connectivity index (χ0n) is 41.0. The van der Waals surface area contributed by atoms with Gasteiger partial charge in [-0.3, -0.25) is 7.05 Å². The van der Waals surface area contributed by atoms with Gasteiger partial charge in [0, 0.05) is 55.7 Å². The summed E-state index contributed by atoms with van der Waals surface area (Å²) in [6.45, 7) is 34.0. The Morgan fingerprint density at radius 3 is 1.88 bits per heavy atom. The normalized spacial score (nSPS) is 12.7. The predicted molar refractivity (Wildman–Crippen MR) is 269 cm³/mol. The van der Waals surface area contributed by atoms with Gasteiger partial charge in [0.2, 0.25) is 0 Å². The van der Waals surface area contributed by atoms with E-state index < -0.39 is 0 Å². The second-order valence-corrected chi connectivity index (χ2v) is 21.9. The van der Waals surface area contributed by atoms with E-state index in [2.05, 4.69) is 224 Å². The van der Waals surface area contributed by atoms with Gasteiger partial charge in [0.05, 0.1) is 5.69 Å². The van der Waals surface area contributed by atoms with Crippen LogP contribution in [0.3, 0.4) is 0 Å². The number of aromatic nitrogens is 2. The minimum atomic E-state index is -0.178. The summed E-state index contributed by atoms with van der Waals surface area (Å²) in [5.41, 5.74) is 11.8. The number of anilines is 4. The molecule has 0 bridgehead atoms. The van der Waals surface area contributed by atoms with E-state index >= 15 is 0 Å². The Labute approximate surface area is 399 Å². The standard InChI is InChI=1S/C58H69N4O.Pt/c1-17-58(15,18-2)38-28-29-59-52(35-38)62-50-25-21-22-47(57(12,13)14)53(50)46-27-26-44(37-51(46)62)63-45-34-41(56(9,10)11)33-43(36-45)61(16)49-24-20-19-23-48(49)60-42-31-39(54(3,4)5)30-40(32-42)55(6,7)8;/h19-35,60H,16-18H2,1-15H3;/q-3;. The van der Waals surface area contributed by atoms with Crippen LogP contribution < -0.4 is 15.0 Å². The number of ether oxygens (including phenoxy) is 1. The first-order valence-corrected chi connectivity index (χ1v) is 22.8. The van der Waals surface area contributed by atoms with Gasteiger partial charge in [-0.1, -0.05) is 140 Å². The van der Waals surface area contributed by atoms with Gasteiger partial charge >= 0.3 is 0 Å². The van der Waals surface area contributed by atoms with Crippen LogP contribution in [0, 0.1) is 19.2 Å². The van der Waals surface area contributed by atoms with E-state index in [4.69, 9.17) is 9.72 Å². The fourth-order valence-electron chi connectivity index (χ4n) is 8.41. The summed E-state index contributed by atoms with van der Waals surface area (Å²) in [6, 6.07) is 42.2. The first-order chi connectivity index (χ1) is 29.4. The third-order valence-electron chi connectivity index (χ3n) is 13.1. The maximum atomic E-state index is 6.85. The second kappa shape index (κ2) is 17.8. The number of fused-ring (bicyclic) bond motifs is 3. The summed E-state index contributed by atoms with van der Waals surface area (Å²) in [4.78, 5) is 6.97. The molecule has 0 radical (unpaired) electrons. The minimum absolute atomic E-state index is 0. The SMILES string of the molecule is [CH2-]N(c1[c-]c(Oc2[c-]c3c(cc2)c2c(C(C)(C)C)cccc2n3-c2cc(C(C)(CC)CC)ccn2)cc(C(C)(C)C)c1)c1ccccc1Nc1cc(C(C)(C)C)cc(C(C)(C)C)c1.[Pt]. The van der Waals surface area contributed by atoms with Crippen molar-refractivity contribution in [1.29, 1.82) is 0 Å². The number of nitrogens with one attached hydrogen (secondary N) is 1. The van der Waals surface area contributed by atoms with E-state index in [0.29, 0.717) is 11.5 Å². The Morgan fingerprint density at radius 1 is 0.641 bits per heavy atom. The molecular formula is C58H69N4OPt-3. The van der Waals surface area contributed by atoms with Crippen molar-refractivity contribution in [1.82, 2.24) is 9.55 Å². The molecule has 0 unspecified atom stereocenters. The van der Waals surface area contributed by atoms with Crippen molar-refractivity contribution in [3.05, 3.63) is 150 Å².